The van der Waals surface area contributed by atoms with E-state index in [2.05, 4.69) is 23.9 Å². The first-order chi connectivity index (χ1) is 5.18. The van der Waals surface area contributed by atoms with Crippen LogP contribution in [0.4, 0.5) is 0 Å². The van der Waals surface area contributed by atoms with Gasteiger partial charge in [-0.05, 0) is 20.5 Å². The van der Waals surface area contributed by atoms with Crippen molar-refractivity contribution < 1.29 is 5.11 Å². The van der Waals surface area contributed by atoms with Gasteiger partial charge in [-0.25, -0.2) is 0 Å². The molecule has 0 spiro atoms. The lowest BCUT2D eigenvalue weighted by Crippen LogP contribution is -2.30. The maximum absolute atomic E-state index is 9.21. The highest BCUT2D eigenvalue weighted by Gasteiger charge is 2.19. The molecule has 0 radical (unpaired) electrons. The Hall–Kier alpha value is -0.120. The summed E-state index contributed by atoms with van der Waals surface area (Å²) in [5.74, 6) is 0. The van der Waals surface area contributed by atoms with Crippen LogP contribution < -0.4 is 0 Å². The fourth-order valence-corrected chi connectivity index (χ4v) is 1.36. The topological polar surface area (TPSA) is 26.7 Å². The van der Waals surface area contributed by atoms with Crippen molar-refractivity contribution in [2.24, 2.45) is 0 Å². The molecule has 1 fully saturated rings. The summed E-state index contributed by atoms with van der Waals surface area (Å²) in [7, 11) is 4.15. The number of hydrogen-bond acceptors (Lipinski definition) is 3. The highest BCUT2D eigenvalue weighted by molar-refractivity contribution is 4.74. The van der Waals surface area contributed by atoms with Gasteiger partial charge in [-0.1, -0.05) is 0 Å². The zero-order valence-electron chi connectivity index (χ0n) is 7.45. The van der Waals surface area contributed by atoms with E-state index in [1.54, 1.807) is 0 Å². The van der Waals surface area contributed by atoms with Crippen molar-refractivity contribution in [3.63, 3.8) is 0 Å². The molecule has 1 rings (SSSR count). The molecule has 1 aliphatic rings. The van der Waals surface area contributed by atoms with Crippen molar-refractivity contribution in [1.29, 1.82) is 0 Å². The van der Waals surface area contributed by atoms with Crippen molar-refractivity contribution in [1.82, 2.24) is 9.80 Å². The van der Waals surface area contributed by atoms with Crippen LogP contribution in [0.5, 0.6) is 0 Å². The Morgan fingerprint density at radius 1 is 1.55 bits per heavy atom. The normalized spacial score (nSPS) is 26.7. The molecular formula is C8H18N2O. The molecule has 0 aromatic rings. The third-order valence-corrected chi connectivity index (χ3v) is 2.11. The highest BCUT2D eigenvalue weighted by atomic mass is 16.3. The summed E-state index contributed by atoms with van der Waals surface area (Å²) < 4.78 is 0. The second-order valence-corrected chi connectivity index (χ2v) is 3.55. The summed E-state index contributed by atoms with van der Waals surface area (Å²) in [6.07, 6.45) is 0.880. The van der Waals surface area contributed by atoms with E-state index in [1.807, 2.05) is 0 Å². The van der Waals surface area contributed by atoms with Crippen LogP contribution in [0.2, 0.25) is 0 Å². The minimum Gasteiger partial charge on any atom is -0.392 e. The second kappa shape index (κ2) is 4.04. The van der Waals surface area contributed by atoms with Gasteiger partial charge in [0.15, 0.2) is 0 Å². The second-order valence-electron chi connectivity index (χ2n) is 3.55. The summed E-state index contributed by atoms with van der Waals surface area (Å²) >= 11 is 0. The van der Waals surface area contributed by atoms with Gasteiger partial charge in [-0.2, -0.15) is 0 Å². The van der Waals surface area contributed by atoms with E-state index < -0.39 is 0 Å². The zero-order valence-corrected chi connectivity index (χ0v) is 7.45. The van der Waals surface area contributed by atoms with Gasteiger partial charge in [0.05, 0.1) is 6.10 Å². The molecule has 0 unspecified atom stereocenters. The Morgan fingerprint density at radius 3 is 2.73 bits per heavy atom. The number of aliphatic hydroxyl groups excluding tert-OH is 1. The molecule has 1 heterocycles. The van der Waals surface area contributed by atoms with Gasteiger partial charge in [-0.15, -0.1) is 0 Å². The monoisotopic (exact) mass is 158 g/mol. The van der Waals surface area contributed by atoms with Gasteiger partial charge in [-0.3, -0.25) is 4.90 Å². The molecule has 0 bridgehead atoms. The van der Waals surface area contributed by atoms with Gasteiger partial charge in [0.25, 0.3) is 0 Å². The van der Waals surface area contributed by atoms with Gasteiger partial charge >= 0.3 is 0 Å². The first-order valence-corrected chi connectivity index (χ1v) is 4.23. The van der Waals surface area contributed by atoms with E-state index in [0.29, 0.717) is 0 Å². The molecular weight excluding hydrogens is 140 g/mol. The molecule has 1 N–H and O–H groups in total. The summed E-state index contributed by atoms with van der Waals surface area (Å²) in [5.41, 5.74) is 0. The minimum absolute atomic E-state index is 0.0721. The summed E-state index contributed by atoms with van der Waals surface area (Å²) in [6.45, 7) is 4.11. The first kappa shape index (κ1) is 8.97. The number of nitrogens with zero attached hydrogens (tertiary/aromatic N) is 2. The Kier molecular flexibility index (Phi) is 3.30. The molecule has 0 amide bonds. The van der Waals surface area contributed by atoms with Crippen molar-refractivity contribution in [3.05, 3.63) is 0 Å². The van der Waals surface area contributed by atoms with Crippen LogP contribution in [0.25, 0.3) is 0 Å². The average molecular weight is 158 g/mol. The fourth-order valence-electron chi connectivity index (χ4n) is 1.36. The van der Waals surface area contributed by atoms with E-state index in [9.17, 15) is 5.11 Å². The number of β-amino-alcohol motifs (C(OH)–C–C–N with tert-alkyl or cyclic N) is 1. The van der Waals surface area contributed by atoms with Gasteiger partial charge in [0.1, 0.15) is 0 Å². The van der Waals surface area contributed by atoms with Crippen molar-refractivity contribution in [2.45, 2.75) is 12.5 Å². The summed E-state index contributed by atoms with van der Waals surface area (Å²) in [5, 5.41) is 9.21. The number of aliphatic hydroxyl groups is 1. The van der Waals surface area contributed by atoms with E-state index in [4.69, 9.17) is 0 Å². The zero-order chi connectivity index (χ0) is 8.27. The van der Waals surface area contributed by atoms with Crippen molar-refractivity contribution in [3.8, 4) is 0 Å². The van der Waals surface area contributed by atoms with Crippen LogP contribution >= 0.6 is 0 Å². The molecule has 3 heteroatoms. The summed E-state index contributed by atoms with van der Waals surface area (Å²) in [6, 6.07) is 0. The number of hydrogen-bond donors (Lipinski definition) is 1. The summed E-state index contributed by atoms with van der Waals surface area (Å²) in [4.78, 5) is 4.48. The number of likely N-dealkylation sites (N-methyl/N-ethyl adjacent to an activating group) is 1. The van der Waals surface area contributed by atoms with Gasteiger partial charge in [0.2, 0.25) is 0 Å². The van der Waals surface area contributed by atoms with Crippen LogP contribution in [0, 0.1) is 0 Å². The highest BCUT2D eigenvalue weighted by Crippen LogP contribution is 2.07. The third-order valence-electron chi connectivity index (χ3n) is 2.11. The minimum atomic E-state index is -0.0721. The van der Waals surface area contributed by atoms with E-state index >= 15 is 0 Å². The van der Waals surface area contributed by atoms with Crippen LogP contribution in [-0.2, 0) is 0 Å². The van der Waals surface area contributed by atoms with Gasteiger partial charge in [0, 0.05) is 26.2 Å². The van der Waals surface area contributed by atoms with E-state index in [-0.39, 0.29) is 6.10 Å². The van der Waals surface area contributed by atoms with Crippen LogP contribution in [0.15, 0.2) is 0 Å². The lowest BCUT2D eigenvalue weighted by molar-refractivity contribution is 0.173. The fraction of sp³-hybridized carbons (Fsp3) is 1.00. The van der Waals surface area contributed by atoms with Crippen LogP contribution in [0.1, 0.15) is 6.42 Å². The molecule has 1 atom stereocenters. The molecule has 0 aromatic heterocycles. The quantitative estimate of drug-likeness (QED) is 0.606. The Labute approximate surface area is 68.6 Å². The molecule has 0 saturated carbocycles. The molecule has 66 valence electrons. The lowest BCUT2D eigenvalue weighted by Gasteiger charge is -2.17. The first-order valence-electron chi connectivity index (χ1n) is 4.23. The predicted molar refractivity (Wildman–Crippen MR) is 45.6 cm³/mol. The van der Waals surface area contributed by atoms with Gasteiger partial charge < -0.3 is 10.0 Å². The van der Waals surface area contributed by atoms with Crippen LogP contribution in [0.3, 0.4) is 0 Å². The molecule has 0 aliphatic carbocycles. The molecule has 1 saturated heterocycles. The third kappa shape index (κ3) is 3.18. The number of likely N-dealkylation sites (tertiary alicyclic amines) is 1. The smallest absolute Gasteiger partial charge is 0.0679 e. The maximum atomic E-state index is 9.21. The largest absolute Gasteiger partial charge is 0.392 e. The standard InChI is InChI=1S/C8H18N2O/c1-9(2)5-6-10-4-3-8(11)7-10/h8,11H,3-7H2,1-2H3/t8-/m1/s1. The van der Waals surface area contributed by atoms with Crippen molar-refractivity contribution in [2.75, 3.05) is 40.3 Å². The predicted octanol–water partition coefficient (Wildman–Crippen LogP) is -0.385. The molecule has 0 aromatic carbocycles. The molecule has 3 nitrogen and oxygen atoms in total. The number of rotatable bonds is 3. The molecule has 11 heavy (non-hydrogen) atoms. The lowest BCUT2D eigenvalue weighted by atomic mass is 10.3. The maximum Gasteiger partial charge on any atom is 0.0679 e. The van der Waals surface area contributed by atoms with Crippen molar-refractivity contribution >= 4 is 0 Å². The Morgan fingerprint density at radius 2 is 2.27 bits per heavy atom. The Bertz CT molecular complexity index is 117. The average Bonchev–Trinajstić information content (AvgIpc) is 2.31. The van der Waals surface area contributed by atoms with E-state index in [0.717, 1.165) is 32.6 Å². The molecule has 1 aliphatic heterocycles. The Balaban J connectivity index is 2.08. The van der Waals surface area contributed by atoms with Crippen LogP contribution in [-0.4, -0.2) is 61.3 Å². The SMILES string of the molecule is CN(C)CCN1CC[C@@H](O)C1. The van der Waals surface area contributed by atoms with E-state index in [1.165, 1.54) is 0 Å².